The molecule has 0 atom stereocenters. The van der Waals surface area contributed by atoms with E-state index in [1.807, 2.05) is 0 Å². The van der Waals surface area contributed by atoms with Crippen molar-refractivity contribution in [2.24, 2.45) is 0 Å². The number of nitrogens with zero attached hydrogens (tertiary/aromatic N) is 5. The van der Waals surface area contributed by atoms with Crippen molar-refractivity contribution in [2.45, 2.75) is 17.2 Å². The van der Waals surface area contributed by atoms with Crippen LogP contribution in [-0.2, 0) is 14.6 Å². The first-order valence-electron chi connectivity index (χ1n) is 8.69. The summed E-state index contributed by atoms with van der Waals surface area (Å²) in [7, 11) is -3.47. The Balaban J connectivity index is 1.31. The molecule has 1 aliphatic rings. The van der Waals surface area contributed by atoms with Crippen LogP contribution in [0.1, 0.15) is 18.2 Å². The maximum Gasteiger partial charge on any atom is 0.240 e. The number of hydrogen-bond acceptors (Lipinski definition) is 8. The SMILES string of the molecule is O=C(CCS(=O)(=O)c1ccccc1)N1CC(c2nc(-c3ncccn3)no2)C1. The van der Waals surface area contributed by atoms with Gasteiger partial charge in [0.25, 0.3) is 0 Å². The third-order valence-corrected chi connectivity index (χ3v) is 6.21. The van der Waals surface area contributed by atoms with Crippen LogP contribution in [0.4, 0.5) is 0 Å². The van der Waals surface area contributed by atoms with Gasteiger partial charge in [-0.3, -0.25) is 4.79 Å². The molecule has 1 saturated heterocycles. The van der Waals surface area contributed by atoms with Gasteiger partial charge in [-0.2, -0.15) is 4.98 Å². The topological polar surface area (TPSA) is 119 Å². The van der Waals surface area contributed by atoms with Gasteiger partial charge in [-0.15, -0.1) is 0 Å². The van der Waals surface area contributed by atoms with Crippen molar-refractivity contribution in [3.63, 3.8) is 0 Å². The van der Waals surface area contributed by atoms with Gasteiger partial charge in [0.05, 0.1) is 16.6 Å². The van der Waals surface area contributed by atoms with E-state index >= 15 is 0 Å². The molecule has 0 N–H and O–H groups in total. The average molecular weight is 399 g/mol. The van der Waals surface area contributed by atoms with Crippen LogP contribution in [0.5, 0.6) is 0 Å². The van der Waals surface area contributed by atoms with Crippen molar-refractivity contribution >= 4 is 15.7 Å². The van der Waals surface area contributed by atoms with Gasteiger partial charge in [-0.1, -0.05) is 23.4 Å². The van der Waals surface area contributed by atoms with E-state index in [1.165, 1.54) is 12.1 Å². The maximum atomic E-state index is 12.3. The molecule has 1 fully saturated rings. The standard InChI is InChI=1S/C18H17N5O4S/c24-15(7-10-28(25,26)14-5-2-1-3-6-14)23-11-13(12-23)18-21-17(22-27-18)16-19-8-4-9-20-16/h1-6,8-9,13H,7,10-12H2. The molecule has 3 heterocycles. The predicted molar refractivity (Wildman–Crippen MR) is 97.8 cm³/mol. The Labute approximate surface area is 161 Å². The smallest absolute Gasteiger partial charge is 0.240 e. The second kappa shape index (κ2) is 7.47. The summed E-state index contributed by atoms with van der Waals surface area (Å²) in [5, 5.41) is 3.87. The number of amides is 1. The highest BCUT2D eigenvalue weighted by Gasteiger charge is 2.36. The first kappa shape index (κ1) is 18.2. The molecule has 10 heteroatoms. The van der Waals surface area contributed by atoms with Gasteiger partial charge in [-0.05, 0) is 18.2 Å². The monoisotopic (exact) mass is 399 g/mol. The average Bonchev–Trinajstić information content (AvgIpc) is 3.16. The number of sulfone groups is 1. The Morgan fingerprint density at radius 1 is 1.07 bits per heavy atom. The summed E-state index contributed by atoms with van der Waals surface area (Å²) in [5.74, 6) is 0.600. The Morgan fingerprint density at radius 3 is 2.50 bits per heavy atom. The second-order valence-corrected chi connectivity index (χ2v) is 8.52. The van der Waals surface area contributed by atoms with Crippen LogP contribution in [0.2, 0.25) is 0 Å². The Bertz CT molecular complexity index is 1060. The number of rotatable bonds is 6. The third kappa shape index (κ3) is 3.77. The molecule has 0 unspecified atom stereocenters. The summed E-state index contributed by atoms with van der Waals surface area (Å²) in [6.45, 7) is 0.836. The van der Waals surface area contributed by atoms with E-state index in [1.54, 1.807) is 41.6 Å². The molecule has 0 radical (unpaired) electrons. The second-order valence-electron chi connectivity index (χ2n) is 6.41. The zero-order valence-electron chi connectivity index (χ0n) is 14.8. The fraction of sp³-hybridized carbons (Fsp3) is 0.278. The normalized spacial score (nSPS) is 14.6. The highest BCUT2D eigenvalue weighted by molar-refractivity contribution is 7.91. The quantitative estimate of drug-likeness (QED) is 0.609. The lowest BCUT2D eigenvalue weighted by atomic mass is 10.00. The summed E-state index contributed by atoms with van der Waals surface area (Å²) in [6.07, 6.45) is 3.12. The number of hydrogen-bond donors (Lipinski definition) is 0. The van der Waals surface area contributed by atoms with Crippen LogP contribution in [0.15, 0.2) is 58.2 Å². The van der Waals surface area contributed by atoms with Crippen LogP contribution < -0.4 is 0 Å². The molecular formula is C18H17N5O4S. The van der Waals surface area contributed by atoms with Gasteiger partial charge < -0.3 is 9.42 Å². The van der Waals surface area contributed by atoms with Crippen molar-refractivity contribution in [2.75, 3.05) is 18.8 Å². The maximum absolute atomic E-state index is 12.3. The Hall–Kier alpha value is -3.14. The molecule has 3 aromatic rings. The van der Waals surface area contributed by atoms with Gasteiger partial charge in [0.15, 0.2) is 9.84 Å². The molecule has 0 aliphatic carbocycles. The molecule has 0 bridgehead atoms. The van der Waals surface area contributed by atoms with Crippen LogP contribution in [0.25, 0.3) is 11.6 Å². The minimum atomic E-state index is -3.47. The molecule has 1 aromatic carbocycles. The fourth-order valence-electron chi connectivity index (χ4n) is 2.87. The van der Waals surface area contributed by atoms with Gasteiger partial charge in [-0.25, -0.2) is 18.4 Å². The van der Waals surface area contributed by atoms with Crippen LogP contribution in [0.3, 0.4) is 0 Å². The molecule has 0 spiro atoms. The number of aromatic nitrogens is 4. The number of carbonyl (C=O) groups is 1. The first-order valence-corrected chi connectivity index (χ1v) is 10.3. The largest absolute Gasteiger partial charge is 0.341 e. The van der Waals surface area contributed by atoms with E-state index in [4.69, 9.17) is 4.52 Å². The highest BCUT2D eigenvalue weighted by Crippen LogP contribution is 2.27. The van der Waals surface area contributed by atoms with Gasteiger partial charge >= 0.3 is 0 Å². The molecular weight excluding hydrogens is 382 g/mol. The molecule has 4 rings (SSSR count). The van der Waals surface area contributed by atoms with Crippen molar-refractivity contribution in [3.8, 4) is 11.6 Å². The summed E-state index contributed by atoms with van der Waals surface area (Å²) < 4.78 is 29.8. The summed E-state index contributed by atoms with van der Waals surface area (Å²) >= 11 is 0. The van der Waals surface area contributed by atoms with E-state index in [0.717, 1.165) is 0 Å². The van der Waals surface area contributed by atoms with Crippen LogP contribution in [-0.4, -0.2) is 58.2 Å². The van der Waals surface area contributed by atoms with Crippen LogP contribution >= 0.6 is 0 Å². The number of likely N-dealkylation sites (tertiary alicyclic amines) is 1. The van der Waals surface area contributed by atoms with E-state index in [2.05, 4.69) is 20.1 Å². The van der Waals surface area contributed by atoms with E-state index in [-0.39, 0.29) is 28.9 Å². The number of benzene rings is 1. The Morgan fingerprint density at radius 2 is 1.79 bits per heavy atom. The zero-order valence-corrected chi connectivity index (χ0v) is 15.6. The molecule has 144 valence electrons. The lowest BCUT2D eigenvalue weighted by Crippen LogP contribution is -2.48. The highest BCUT2D eigenvalue weighted by atomic mass is 32.2. The molecule has 1 aliphatic heterocycles. The minimum absolute atomic E-state index is 0.0586. The van der Waals surface area contributed by atoms with Gasteiger partial charge in [0, 0.05) is 31.9 Å². The predicted octanol–water partition coefficient (Wildman–Crippen LogP) is 1.32. The van der Waals surface area contributed by atoms with E-state index in [9.17, 15) is 13.2 Å². The zero-order chi connectivity index (χ0) is 19.6. The van der Waals surface area contributed by atoms with Crippen molar-refractivity contribution in [1.82, 2.24) is 25.0 Å². The number of carbonyl (C=O) groups excluding carboxylic acids is 1. The molecule has 1 amide bonds. The van der Waals surface area contributed by atoms with Crippen molar-refractivity contribution in [1.29, 1.82) is 0 Å². The van der Waals surface area contributed by atoms with E-state index < -0.39 is 9.84 Å². The molecule has 28 heavy (non-hydrogen) atoms. The molecule has 0 saturated carbocycles. The van der Waals surface area contributed by atoms with E-state index in [0.29, 0.717) is 30.6 Å². The van der Waals surface area contributed by atoms with Gasteiger partial charge in [0.1, 0.15) is 0 Å². The molecule has 2 aromatic heterocycles. The fourth-order valence-corrected chi connectivity index (χ4v) is 4.12. The summed E-state index contributed by atoms with van der Waals surface area (Å²) in [4.78, 5) is 26.5. The summed E-state index contributed by atoms with van der Waals surface area (Å²) in [5.41, 5.74) is 0. The summed E-state index contributed by atoms with van der Waals surface area (Å²) in [6, 6.07) is 9.82. The minimum Gasteiger partial charge on any atom is -0.341 e. The van der Waals surface area contributed by atoms with Crippen molar-refractivity contribution < 1.29 is 17.7 Å². The molecule has 9 nitrogen and oxygen atoms in total. The van der Waals surface area contributed by atoms with Gasteiger partial charge in [0.2, 0.25) is 23.4 Å². The van der Waals surface area contributed by atoms with Crippen LogP contribution in [0, 0.1) is 0 Å². The first-order chi connectivity index (χ1) is 13.5. The third-order valence-electron chi connectivity index (χ3n) is 4.48. The lowest BCUT2D eigenvalue weighted by molar-refractivity contribution is -0.135. The lowest BCUT2D eigenvalue weighted by Gasteiger charge is -2.37. The van der Waals surface area contributed by atoms with Crippen molar-refractivity contribution in [3.05, 3.63) is 54.7 Å². The Kier molecular flexibility index (Phi) is 4.86.